The van der Waals surface area contributed by atoms with Crippen molar-refractivity contribution in [2.45, 2.75) is 0 Å². The van der Waals surface area contributed by atoms with Crippen molar-refractivity contribution in [2.75, 3.05) is 7.11 Å². The van der Waals surface area contributed by atoms with Crippen molar-refractivity contribution in [3.8, 4) is 16.9 Å². The van der Waals surface area contributed by atoms with Gasteiger partial charge in [-0.25, -0.2) is 4.98 Å². The highest BCUT2D eigenvalue weighted by Crippen LogP contribution is 2.36. The second kappa shape index (κ2) is 6.08. The number of aromatic nitrogens is 2. The maximum absolute atomic E-state index is 5.37. The third-order valence-corrected chi connectivity index (χ3v) is 5.66. The van der Waals surface area contributed by atoms with Gasteiger partial charge in [0.15, 0.2) is 0 Å². The summed E-state index contributed by atoms with van der Waals surface area (Å²) >= 11 is 0. The molecule has 138 valence electrons. The lowest BCUT2D eigenvalue weighted by Crippen LogP contribution is -1.88. The van der Waals surface area contributed by atoms with Crippen LogP contribution in [0.2, 0.25) is 0 Å². The molecule has 0 fully saturated rings. The molecular formula is C26H18N2O. The zero-order chi connectivity index (χ0) is 19.4. The van der Waals surface area contributed by atoms with Gasteiger partial charge in [-0.15, -0.1) is 0 Å². The fraction of sp³-hybridized carbons (Fsp3) is 0.0385. The van der Waals surface area contributed by atoms with Gasteiger partial charge in [-0.3, -0.25) is 4.40 Å². The number of fused-ring (bicyclic) bond motifs is 6. The highest BCUT2D eigenvalue weighted by Gasteiger charge is 2.14. The Hall–Kier alpha value is -3.85. The van der Waals surface area contributed by atoms with Crippen molar-refractivity contribution < 1.29 is 4.74 Å². The molecule has 3 nitrogen and oxygen atoms in total. The highest BCUT2D eigenvalue weighted by molar-refractivity contribution is 6.12. The molecule has 2 heterocycles. The molecule has 0 atom stereocenters. The molecule has 0 saturated heterocycles. The smallest absolute Gasteiger partial charge is 0.137 e. The minimum Gasteiger partial charge on any atom is -0.497 e. The quantitative estimate of drug-likeness (QED) is 0.347. The first-order valence-electron chi connectivity index (χ1n) is 9.68. The van der Waals surface area contributed by atoms with Crippen LogP contribution in [0.5, 0.6) is 5.75 Å². The Morgan fingerprint density at radius 3 is 2.52 bits per heavy atom. The SMILES string of the molecule is COc1ccc2cc(-c3cc4ccccc4c4nc5ccccn5c34)ccc2c1. The van der Waals surface area contributed by atoms with Crippen LogP contribution in [0, 0.1) is 0 Å². The van der Waals surface area contributed by atoms with Gasteiger partial charge in [-0.2, -0.15) is 0 Å². The van der Waals surface area contributed by atoms with Crippen molar-refractivity contribution in [1.82, 2.24) is 9.38 Å². The van der Waals surface area contributed by atoms with Gasteiger partial charge >= 0.3 is 0 Å². The number of benzene rings is 4. The summed E-state index contributed by atoms with van der Waals surface area (Å²) in [6.07, 6.45) is 2.09. The van der Waals surface area contributed by atoms with Crippen LogP contribution >= 0.6 is 0 Å². The van der Waals surface area contributed by atoms with Gasteiger partial charge in [0.2, 0.25) is 0 Å². The summed E-state index contributed by atoms with van der Waals surface area (Å²) in [5.41, 5.74) is 5.52. The van der Waals surface area contributed by atoms with Crippen LogP contribution in [0.4, 0.5) is 0 Å². The van der Waals surface area contributed by atoms with Crippen molar-refractivity contribution in [2.24, 2.45) is 0 Å². The van der Waals surface area contributed by atoms with Crippen LogP contribution < -0.4 is 4.74 Å². The summed E-state index contributed by atoms with van der Waals surface area (Å²) in [4.78, 5) is 4.96. The van der Waals surface area contributed by atoms with E-state index in [2.05, 4.69) is 83.4 Å². The number of pyridine rings is 1. The van der Waals surface area contributed by atoms with Crippen LogP contribution in [0.1, 0.15) is 0 Å². The van der Waals surface area contributed by atoms with E-state index in [9.17, 15) is 0 Å². The molecule has 0 unspecified atom stereocenters. The zero-order valence-electron chi connectivity index (χ0n) is 16.0. The minimum absolute atomic E-state index is 0.875. The van der Waals surface area contributed by atoms with Gasteiger partial charge in [0.1, 0.15) is 11.4 Å². The Labute approximate surface area is 167 Å². The van der Waals surface area contributed by atoms with E-state index < -0.39 is 0 Å². The molecule has 29 heavy (non-hydrogen) atoms. The molecule has 6 aromatic rings. The number of methoxy groups -OCH3 is 1. The molecule has 0 aliphatic heterocycles. The first-order valence-corrected chi connectivity index (χ1v) is 9.68. The lowest BCUT2D eigenvalue weighted by Gasteiger charge is -2.10. The Morgan fingerprint density at radius 2 is 1.59 bits per heavy atom. The van der Waals surface area contributed by atoms with Gasteiger partial charge in [-0.1, -0.05) is 48.5 Å². The normalized spacial score (nSPS) is 11.6. The maximum Gasteiger partial charge on any atom is 0.137 e. The number of rotatable bonds is 2. The molecular weight excluding hydrogens is 356 g/mol. The standard InChI is InChI=1S/C26H18N2O/c1-29-21-12-11-17-14-20(10-9-18(17)15-21)23-16-19-6-2-3-7-22(19)25-26(23)28-13-5-4-8-24(28)27-25/h2-16H,1H3. The molecule has 0 N–H and O–H groups in total. The monoisotopic (exact) mass is 374 g/mol. The number of hydrogen-bond donors (Lipinski definition) is 0. The van der Waals surface area contributed by atoms with E-state index in [-0.39, 0.29) is 0 Å². The van der Waals surface area contributed by atoms with Gasteiger partial charge in [0.25, 0.3) is 0 Å². The van der Waals surface area contributed by atoms with Crippen molar-refractivity contribution in [1.29, 1.82) is 0 Å². The fourth-order valence-corrected chi connectivity index (χ4v) is 4.24. The first-order chi connectivity index (χ1) is 14.3. The van der Waals surface area contributed by atoms with Crippen molar-refractivity contribution in [3.63, 3.8) is 0 Å². The second-order valence-corrected chi connectivity index (χ2v) is 7.31. The molecule has 0 radical (unpaired) electrons. The third kappa shape index (κ3) is 2.41. The molecule has 0 bridgehead atoms. The molecule has 0 amide bonds. The van der Waals surface area contributed by atoms with E-state index in [1.807, 2.05) is 12.1 Å². The average molecular weight is 374 g/mol. The van der Waals surface area contributed by atoms with E-state index >= 15 is 0 Å². The number of imidazole rings is 1. The van der Waals surface area contributed by atoms with Crippen LogP contribution in [0.15, 0.2) is 91.1 Å². The van der Waals surface area contributed by atoms with Gasteiger partial charge < -0.3 is 4.74 Å². The molecule has 4 aromatic carbocycles. The number of hydrogen-bond acceptors (Lipinski definition) is 2. The predicted octanol–water partition coefficient (Wildman–Crippen LogP) is 6.47. The third-order valence-electron chi connectivity index (χ3n) is 5.66. The van der Waals surface area contributed by atoms with Crippen LogP contribution in [0.3, 0.4) is 0 Å². The molecule has 6 rings (SSSR count). The topological polar surface area (TPSA) is 26.5 Å². The molecule has 0 aliphatic carbocycles. The summed E-state index contributed by atoms with van der Waals surface area (Å²) < 4.78 is 7.56. The lowest BCUT2D eigenvalue weighted by molar-refractivity contribution is 0.415. The Bertz CT molecular complexity index is 1550. The second-order valence-electron chi connectivity index (χ2n) is 7.31. The maximum atomic E-state index is 5.37. The largest absolute Gasteiger partial charge is 0.497 e. The summed E-state index contributed by atoms with van der Waals surface area (Å²) in [7, 11) is 1.70. The lowest BCUT2D eigenvalue weighted by atomic mass is 9.97. The van der Waals surface area contributed by atoms with E-state index in [1.54, 1.807) is 7.11 Å². The summed E-state index contributed by atoms with van der Waals surface area (Å²) in [6.45, 7) is 0. The predicted molar refractivity (Wildman–Crippen MR) is 120 cm³/mol. The Kier molecular flexibility index (Phi) is 3.38. The minimum atomic E-state index is 0.875. The molecule has 2 aromatic heterocycles. The van der Waals surface area contributed by atoms with Gasteiger partial charge in [0, 0.05) is 17.1 Å². The van der Waals surface area contributed by atoms with E-state index in [0.29, 0.717) is 0 Å². The van der Waals surface area contributed by atoms with E-state index in [0.717, 1.165) is 22.4 Å². The van der Waals surface area contributed by atoms with Gasteiger partial charge in [0.05, 0.1) is 18.1 Å². The van der Waals surface area contributed by atoms with Gasteiger partial charge in [-0.05, 0) is 58.1 Å². The summed E-state index contributed by atoms with van der Waals surface area (Å²) in [5, 5.41) is 4.75. The van der Waals surface area contributed by atoms with Crippen LogP contribution in [0.25, 0.3) is 49.4 Å². The molecule has 0 spiro atoms. The summed E-state index contributed by atoms with van der Waals surface area (Å²) in [5.74, 6) is 0.875. The van der Waals surface area contributed by atoms with Crippen molar-refractivity contribution >= 4 is 38.2 Å². The zero-order valence-corrected chi connectivity index (χ0v) is 16.0. The van der Waals surface area contributed by atoms with E-state index in [1.165, 1.54) is 32.7 Å². The Morgan fingerprint density at radius 1 is 0.759 bits per heavy atom. The number of nitrogens with zero attached hydrogens (tertiary/aromatic N) is 2. The fourth-order valence-electron chi connectivity index (χ4n) is 4.24. The van der Waals surface area contributed by atoms with Crippen LogP contribution in [-0.4, -0.2) is 16.5 Å². The Balaban J connectivity index is 1.72. The average Bonchev–Trinajstić information content (AvgIpc) is 3.18. The first kappa shape index (κ1) is 16.1. The number of ether oxygens (including phenoxy) is 1. The highest BCUT2D eigenvalue weighted by atomic mass is 16.5. The summed E-state index contributed by atoms with van der Waals surface area (Å²) in [6, 6.07) is 29.7. The van der Waals surface area contributed by atoms with Crippen molar-refractivity contribution in [3.05, 3.63) is 91.1 Å². The molecule has 0 aliphatic rings. The van der Waals surface area contributed by atoms with E-state index in [4.69, 9.17) is 9.72 Å². The van der Waals surface area contributed by atoms with Crippen LogP contribution in [-0.2, 0) is 0 Å². The molecule has 0 saturated carbocycles. The molecule has 3 heteroatoms.